The molecular formula is C14H14ClFN4O. The highest BCUT2D eigenvalue weighted by Gasteiger charge is 2.09. The molecule has 5 nitrogen and oxygen atoms in total. The first-order valence-electron chi connectivity index (χ1n) is 6.19. The van der Waals surface area contributed by atoms with Crippen molar-refractivity contribution < 1.29 is 9.23 Å². The first kappa shape index (κ1) is 15.2. The fourth-order valence-electron chi connectivity index (χ4n) is 1.55. The third-order valence-electron chi connectivity index (χ3n) is 2.58. The highest BCUT2D eigenvalue weighted by atomic mass is 35.5. The molecule has 0 fully saturated rings. The third-order valence-corrected chi connectivity index (χ3v) is 2.83. The van der Waals surface area contributed by atoms with Crippen molar-refractivity contribution in [1.82, 2.24) is 9.97 Å². The lowest BCUT2D eigenvalue weighted by molar-refractivity contribution is 0.312. The molecule has 0 radical (unpaired) electrons. The van der Waals surface area contributed by atoms with Gasteiger partial charge in [0.1, 0.15) is 0 Å². The minimum Gasteiger partial charge on any atom is -0.360 e. The number of benzene rings is 1. The van der Waals surface area contributed by atoms with Gasteiger partial charge in [-0.15, -0.1) is 0 Å². The van der Waals surface area contributed by atoms with Gasteiger partial charge < -0.3 is 9.74 Å². The zero-order chi connectivity index (χ0) is 15.2. The number of hydrogen-bond acceptors (Lipinski definition) is 5. The maximum Gasteiger partial charge on any atom is 0.347 e. The number of hydrogen-bond donors (Lipinski definition) is 0. The standard InChI is InChI=1S/C14H14ClFN4O/c1-20(2)13-12(16)9-17-14(19-13)21-18-8-7-10-3-5-11(15)6-4-10/h3-6,8-9H,7H2,1-2H3/b18-8+. The van der Waals surface area contributed by atoms with E-state index in [1.165, 1.54) is 4.90 Å². The summed E-state index contributed by atoms with van der Waals surface area (Å²) in [5.74, 6) is -0.370. The molecule has 2 rings (SSSR count). The molecule has 0 aliphatic carbocycles. The van der Waals surface area contributed by atoms with E-state index in [9.17, 15) is 4.39 Å². The summed E-state index contributed by atoms with van der Waals surface area (Å²) in [6.07, 6.45) is 3.20. The SMILES string of the molecule is CN(C)c1nc(O/N=C/Cc2ccc(Cl)cc2)ncc1F. The Kier molecular flexibility index (Phi) is 5.05. The van der Waals surface area contributed by atoms with Gasteiger partial charge in [-0.05, 0) is 17.7 Å². The van der Waals surface area contributed by atoms with Gasteiger partial charge in [0, 0.05) is 31.8 Å². The summed E-state index contributed by atoms with van der Waals surface area (Å²) in [7, 11) is 3.36. The summed E-state index contributed by atoms with van der Waals surface area (Å²) in [5, 5.41) is 4.45. The van der Waals surface area contributed by atoms with Crippen LogP contribution in [0.15, 0.2) is 35.6 Å². The van der Waals surface area contributed by atoms with Crippen molar-refractivity contribution in [1.29, 1.82) is 0 Å². The number of aromatic nitrogens is 2. The van der Waals surface area contributed by atoms with E-state index in [1.54, 1.807) is 32.4 Å². The van der Waals surface area contributed by atoms with E-state index in [4.69, 9.17) is 16.4 Å². The van der Waals surface area contributed by atoms with Gasteiger partial charge >= 0.3 is 6.01 Å². The van der Waals surface area contributed by atoms with Crippen LogP contribution in [-0.4, -0.2) is 30.3 Å². The van der Waals surface area contributed by atoms with Crippen molar-refractivity contribution in [2.45, 2.75) is 6.42 Å². The van der Waals surface area contributed by atoms with Gasteiger partial charge in [-0.2, -0.15) is 9.97 Å². The predicted molar refractivity (Wildman–Crippen MR) is 80.6 cm³/mol. The highest BCUT2D eigenvalue weighted by Crippen LogP contribution is 2.15. The van der Waals surface area contributed by atoms with Crippen LogP contribution in [-0.2, 0) is 6.42 Å². The molecule has 0 N–H and O–H groups in total. The summed E-state index contributed by atoms with van der Waals surface area (Å²) in [6, 6.07) is 7.39. The summed E-state index contributed by atoms with van der Waals surface area (Å²) >= 11 is 5.80. The van der Waals surface area contributed by atoms with Gasteiger partial charge in [0.2, 0.25) is 0 Å². The number of rotatable bonds is 5. The molecule has 2 aromatic rings. The van der Waals surface area contributed by atoms with Crippen molar-refractivity contribution >= 4 is 23.6 Å². The maximum absolute atomic E-state index is 13.4. The second-order valence-electron chi connectivity index (χ2n) is 4.43. The summed E-state index contributed by atoms with van der Waals surface area (Å²) in [5.41, 5.74) is 1.04. The first-order valence-corrected chi connectivity index (χ1v) is 6.57. The van der Waals surface area contributed by atoms with Crippen molar-refractivity contribution in [3.63, 3.8) is 0 Å². The Morgan fingerprint density at radius 1 is 1.33 bits per heavy atom. The normalized spacial score (nSPS) is 10.9. The minimum absolute atomic E-state index is 0.00699. The summed E-state index contributed by atoms with van der Waals surface area (Å²) < 4.78 is 13.4. The molecular weight excluding hydrogens is 295 g/mol. The Hall–Kier alpha value is -2.21. The topological polar surface area (TPSA) is 50.6 Å². The van der Waals surface area contributed by atoms with Crippen LogP contribution >= 0.6 is 11.6 Å². The number of nitrogens with zero attached hydrogens (tertiary/aromatic N) is 4. The van der Waals surface area contributed by atoms with E-state index in [-0.39, 0.29) is 11.8 Å². The third kappa shape index (κ3) is 4.39. The van der Waals surface area contributed by atoms with Gasteiger partial charge in [0.15, 0.2) is 11.6 Å². The van der Waals surface area contributed by atoms with Crippen molar-refractivity contribution in [2.24, 2.45) is 5.16 Å². The number of oxime groups is 1. The van der Waals surface area contributed by atoms with Crippen LogP contribution in [0.5, 0.6) is 6.01 Å². The lowest BCUT2D eigenvalue weighted by Crippen LogP contribution is -2.13. The molecule has 1 aromatic carbocycles. The molecule has 0 aliphatic rings. The van der Waals surface area contributed by atoms with Gasteiger partial charge in [-0.1, -0.05) is 28.9 Å². The highest BCUT2D eigenvalue weighted by molar-refractivity contribution is 6.30. The summed E-state index contributed by atoms with van der Waals surface area (Å²) in [6.45, 7) is 0. The van der Waals surface area contributed by atoms with Crippen molar-refractivity contribution in [3.8, 4) is 6.01 Å². The van der Waals surface area contributed by atoms with Gasteiger partial charge in [0.25, 0.3) is 0 Å². The molecule has 7 heteroatoms. The van der Waals surface area contributed by atoms with E-state index < -0.39 is 5.82 Å². The van der Waals surface area contributed by atoms with E-state index in [1.807, 2.05) is 12.1 Å². The first-order chi connectivity index (χ1) is 10.1. The lowest BCUT2D eigenvalue weighted by Gasteiger charge is -2.11. The van der Waals surface area contributed by atoms with Crippen LogP contribution in [0.25, 0.3) is 0 Å². The molecule has 21 heavy (non-hydrogen) atoms. The second kappa shape index (κ2) is 6.99. The van der Waals surface area contributed by atoms with Crippen molar-refractivity contribution in [3.05, 3.63) is 46.9 Å². The molecule has 0 unspecified atom stereocenters. The smallest absolute Gasteiger partial charge is 0.347 e. The Morgan fingerprint density at radius 3 is 2.71 bits per heavy atom. The molecule has 0 aliphatic heterocycles. The average Bonchev–Trinajstić information content (AvgIpc) is 2.46. The lowest BCUT2D eigenvalue weighted by atomic mass is 10.2. The molecule has 0 atom stereocenters. The van der Waals surface area contributed by atoms with Crippen LogP contribution in [0.3, 0.4) is 0 Å². The maximum atomic E-state index is 13.4. The Labute approximate surface area is 127 Å². The Morgan fingerprint density at radius 2 is 2.05 bits per heavy atom. The molecule has 110 valence electrons. The van der Waals surface area contributed by atoms with Gasteiger partial charge in [0.05, 0.1) is 6.20 Å². The second-order valence-corrected chi connectivity index (χ2v) is 4.86. The molecule has 0 bridgehead atoms. The monoisotopic (exact) mass is 308 g/mol. The van der Waals surface area contributed by atoms with Gasteiger partial charge in [-0.3, -0.25) is 0 Å². The molecule has 0 spiro atoms. The van der Waals surface area contributed by atoms with E-state index in [2.05, 4.69) is 15.1 Å². The van der Waals surface area contributed by atoms with E-state index >= 15 is 0 Å². The average molecular weight is 309 g/mol. The largest absolute Gasteiger partial charge is 0.360 e. The molecule has 0 amide bonds. The Bertz CT molecular complexity index is 631. The fraction of sp³-hybridized carbons (Fsp3) is 0.214. The number of anilines is 1. The van der Waals surface area contributed by atoms with Crippen LogP contribution in [0, 0.1) is 5.82 Å². The summed E-state index contributed by atoms with van der Waals surface area (Å²) in [4.78, 5) is 14.2. The van der Waals surface area contributed by atoms with Crippen LogP contribution in [0.4, 0.5) is 10.2 Å². The number of halogens is 2. The van der Waals surface area contributed by atoms with Crippen LogP contribution < -0.4 is 9.74 Å². The quantitative estimate of drug-likeness (QED) is 0.629. The van der Waals surface area contributed by atoms with Crippen LogP contribution in [0.2, 0.25) is 5.02 Å². The van der Waals surface area contributed by atoms with Gasteiger partial charge in [-0.25, -0.2) is 4.39 Å². The van der Waals surface area contributed by atoms with Crippen LogP contribution in [0.1, 0.15) is 5.56 Å². The zero-order valence-electron chi connectivity index (χ0n) is 11.6. The van der Waals surface area contributed by atoms with Crippen molar-refractivity contribution in [2.75, 3.05) is 19.0 Å². The van der Waals surface area contributed by atoms with E-state index in [0.29, 0.717) is 11.4 Å². The zero-order valence-corrected chi connectivity index (χ0v) is 12.4. The predicted octanol–water partition coefficient (Wildman–Crippen LogP) is 2.94. The van der Waals surface area contributed by atoms with E-state index in [0.717, 1.165) is 11.8 Å². The molecule has 1 heterocycles. The molecule has 0 saturated heterocycles. The molecule has 0 saturated carbocycles. The minimum atomic E-state index is -0.516. The Balaban J connectivity index is 1.95. The fourth-order valence-corrected chi connectivity index (χ4v) is 1.67. The molecule has 1 aromatic heterocycles.